The van der Waals surface area contributed by atoms with Crippen molar-refractivity contribution < 1.29 is 18.0 Å². The average Bonchev–Trinajstić information content (AvgIpc) is 2.30. The number of alkyl halides is 3. The molecular weight excluding hydrogens is 243 g/mol. The first-order valence-electron chi connectivity index (χ1n) is 5.80. The molecule has 0 aromatic heterocycles. The van der Waals surface area contributed by atoms with Gasteiger partial charge in [0.05, 0.1) is 6.42 Å². The minimum atomic E-state index is -4.24. The van der Waals surface area contributed by atoms with Crippen molar-refractivity contribution in [2.45, 2.75) is 33.4 Å². The number of nitrogens with one attached hydrogen (secondary N) is 1. The normalized spacial score (nSPS) is 10.3. The second-order valence-electron chi connectivity index (χ2n) is 3.49. The summed E-state index contributed by atoms with van der Waals surface area (Å²) in [4.78, 5) is 11.4. The fourth-order valence-electron chi connectivity index (χ4n) is 1.12. The van der Waals surface area contributed by atoms with Gasteiger partial charge < -0.3 is 5.32 Å². The molecule has 1 aromatic carbocycles. The number of hydrogen-bond acceptors (Lipinski definition) is 1. The first kappa shape index (κ1) is 16.5. The molecule has 1 amide bonds. The van der Waals surface area contributed by atoms with Crippen molar-refractivity contribution in [2.75, 3.05) is 6.54 Å². The van der Waals surface area contributed by atoms with E-state index in [0.29, 0.717) is 5.56 Å². The monoisotopic (exact) mass is 261 g/mol. The molecule has 102 valence electrons. The van der Waals surface area contributed by atoms with Crippen LogP contribution in [-0.2, 0) is 0 Å². The van der Waals surface area contributed by atoms with E-state index in [1.54, 1.807) is 24.3 Å². The van der Waals surface area contributed by atoms with E-state index in [4.69, 9.17) is 0 Å². The molecule has 0 aliphatic heterocycles. The number of aryl methyl sites for hydroxylation is 1. The van der Waals surface area contributed by atoms with E-state index < -0.39 is 25.0 Å². The highest BCUT2D eigenvalue weighted by atomic mass is 19.4. The predicted octanol–water partition coefficient (Wildman–Crippen LogP) is 3.70. The Morgan fingerprint density at radius 2 is 1.67 bits per heavy atom. The number of halogens is 3. The van der Waals surface area contributed by atoms with Crippen LogP contribution in [0.25, 0.3) is 0 Å². The van der Waals surface area contributed by atoms with Gasteiger partial charge in [-0.3, -0.25) is 4.79 Å². The highest BCUT2D eigenvalue weighted by Gasteiger charge is 2.26. The van der Waals surface area contributed by atoms with Gasteiger partial charge in [0.2, 0.25) is 0 Å². The second kappa shape index (κ2) is 7.74. The Hall–Kier alpha value is -1.52. The SMILES string of the molecule is CC.Cc1ccc(C(=O)NCCC(F)(F)F)cc1. The van der Waals surface area contributed by atoms with Gasteiger partial charge in [-0.1, -0.05) is 31.5 Å². The van der Waals surface area contributed by atoms with Crippen LogP contribution in [0, 0.1) is 6.92 Å². The molecule has 0 saturated heterocycles. The molecule has 0 aliphatic carbocycles. The van der Waals surface area contributed by atoms with Crippen molar-refractivity contribution in [3.8, 4) is 0 Å². The van der Waals surface area contributed by atoms with Crippen LogP contribution in [0.3, 0.4) is 0 Å². The number of carbonyl (C=O) groups excluding carboxylic acids is 1. The van der Waals surface area contributed by atoms with Crippen LogP contribution in [-0.4, -0.2) is 18.6 Å². The van der Waals surface area contributed by atoms with Crippen LogP contribution in [0.1, 0.15) is 36.2 Å². The van der Waals surface area contributed by atoms with Crippen LogP contribution < -0.4 is 5.32 Å². The molecule has 1 rings (SSSR count). The van der Waals surface area contributed by atoms with Gasteiger partial charge in [0.25, 0.3) is 5.91 Å². The maximum atomic E-state index is 11.8. The molecule has 1 N–H and O–H groups in total. The Morgan fingerprint density at radius 1 is 1.17 bits per heavy atom. The number of hydrogen-bond donors (Lipinski definition) is 1. The average molecular weight is 261 g/mol. The lowest BCUT2D eigenvalue weighted by Gasteiger charge is -2.07. The Morgan fingerprint density at radius 3 is 2.11 bits per heavy atom. The largest absolute Gasteiger partial charge is 0.390 e. The van der Waals surface area contributed by atoms with E-state index in [0.717, 1.165) is 5.56 Å². The van der Waals surface area contributed by atoms with Crippen LogP contribution in [0.5, 0.6) is 0 Å². The molecule has 0 atom stereocenters. The summed E-state index contributed by atoms with van der Waals surface area (Å²) in [5.74, 6) is -0.482. The van der Waals surface area contributed by atoms with Crippen molar-refractivity contribution in [2.24, 2.45) is 0 Å². The van der Waals surface area contributed by atoms with E-state index >= 15 is 0 Å². The van der Waals surface area contributed by atoms with Gasteiger partial charge >= 0.3 is 6.18 Å². The van der Waals surface area contributed by atoms with Crippen molar-refractivity contribution in [1.29, 1.82) is 0 Å². The van der Waals surface area contributed by atoms with Gasteiger partial charge in [0.1, 0.15) is 0 Å². The summed E-state index contributed by atoms with van der Waals surface area (Å²) >= 11 is 0. The molecule has 0 bridgehead atoms. The minimum absolute atomic E-state index is 0.368. The van der Waals surface area contributed by atoms with Crippen LogP contribution >= 0.6 is 0 Å². The molecule has 1 aromatic rings. The third-order valence-electron chi connectivity index (χ3n) is 2.01. The Balaban J connectivity index is 0.00000137. The quantitative estimate of drug-likeness (QED) is 0.883. The van der Waals surface area contributed by atoms with Crippen molar-refractivity contribution in [3.05, 3.63) is 35.4 Å². The smallest absolute Gasteiger partial charge is 0.352 e. The fourth-order valence-corrected chi connectivity index (χ4v) is 1.12. The van der Waals surface area contributed by atoms with Gasteiger partial charge in [-0.15, -0.1) is 0 Å². The van der Waals surface area contributed by atoms with E-state index in [2.05, 4.69) is 5.32 Å². The standard InChI is InChI=1S/C11H12F3NO.C2H6/c1-8-2-4-9(5-3-8)10(16)15-7-6-11(12,13)14;1-2/h2-5H,6-7H2,1H3,(H,15,16);1-2H3. The summed E-state index contributed by atoms with van der Waals surface area (Å²) in [6, 6.07) is 6.63. The van der Waals surface area contributed by atoms with E-state index in [1.165, 1.54) is 0 Å². The molecule has 0 heterocycles. The summed E-state index contributed by atoms with van der Waals surface area (Å²) in [5.41, 5.74) is 1.36. The Bertz CT molecular complexity index is 357. The second-order valence-corrected chi connectivity index (χ2v) is 3.49. The van der Waals surface area contributed by atoms with Gasteiger partial charge in [0.15, 0.2) is 0 Å². The molecule has 0 aliphatic rings. The molecule has 2 nitrogen and oxygen atoms in total. The van der Waals surface area contributed by atoms with Crippen LogP contribution in [0.2, 0.25) is 0 Å². The zero-order valence-corrected chi connectivity index (χ0v) is 10.8. The number of rotatable bonds is 3. The molecule has 0 fully saturated rings. The van der Waals surface area contributed by atoms with Gasteiger partial charge in [-0.25, -0.2) is 0 Å². The first-order chi connectivity index (χ1) is 8.38. The van der Waals surface area contributed by atoms with Crippen molar-refractivity contribution >= 4 is 5.91 Å². The molecule has 0 unspecified atom stereocenters. The highest BCUT2D eigenvalue weighted by molar-refractivity contribution is 5.94. The fraction of sp³-hybridized carbons (Fsp3) is 0.462. The van der Waals surface area contributed by atoms with Crippen LogP contribution in [0.4, 0.5) is 13.2 Å². The zero-order valence-electron chi connectivity index (χ0n) is 10.8. The third kappa shape index (κ3) is 6.93. The number of benzene rings is 1. The molecular formula is C13H18F3NO. The molecule has 5 heteroatoms. The lowest BCUT2D eigenvalue weighted by molar-refractivity contribution is -0.132. The first-order valence-corrected chi connectivity index (χ1v) is 5.80. The lowest BCUT2D eigenvalue weighted by atomic mass is 10.1. The summed E-state index contributed by atoms with van der Waals surface area (Å²) in [5, 5.41) is 2.22. The maximum Gasteiger partial charge on any atom is 0.390 e. The van der Waals surface area contributed by atoms with E-state index in [9.17, 15) is 18.0 Å². The zero-order chi connectivity index (χ0) is 14.2. The summed E-state index contributed by atoms with van der Waals surface area (Å²) in [6.45, 7) is 5.47. The predicted molar refractivity (Wildman–Crippen MR) is 65.5 cm³/mol. The minimum Gasteiger partial charge on any atom is -0.352 e. The Kier molecular flexibility index (Phi) is 7.08. The molecule has 0 saturated carbocycles. The third-order valence-corrected chi connectivity index (χ3v) is 2.01. The van der Waals surface area contributed by atoms with Crippen molar-refractivity contribution in [3.63, 3.8) is 0 Å². The summed E-state index contributed by atoms with van der Waals surface area (Å²) in [7, 11) is 0. The van der Waals surface area contributed by atoms with Gasteiger partial charge in [-0.2, -0.15) is 13.2 Å². The van der Waals surface area contributed by atoms with E-state index in [-0.39, 0.29) is 0 Å². The van der Waals surface area contributed by atoms with Crippen LogP contribution in [0.15, 0.2) is 24.3 Å². The lowest BCUT2D eigenvalue weighted by Crippen LogP contribution is -2.27. The summed E-state index contributed by atoms with van der Waals surface area (Å²) < 4.78 is 35.4. The molecule has 0 radical (unpaired) electrons. The Labute approximate surface area is 105 Å². The van der Waals surface area contributed by atoms with Crippen molar-refractivity contribution in [1.82, 2.24) is 5.32 Å². The van der Waals surface area contributed by atoms with E-state index in [1.807, 2.05) is 20.8 Å². The molecule has 0 spiro atoms. The topological polar surface area (TPSA) is 29.1 Å². The maximum absolute atomic E-state index is 11.8. The van der Waals surface area contributed by atoms with Gasteiger partial charge in [0, 0.05) is 12.1 Å². The number of carbonyl (C=O) groups is 1. The molecule has 18 heavy (non-hydrogen) atoms. The van der Waals surface area contributed by atoms with Gasteiger partial charge in [-0.05, 0) is 19.1 Å². The summed E-state index contributed by atoms with van der Waals surface area (Å²) in [6.07, 6.45) is -5.24. The highest BCUT2D eigenvalue weighted by Crippen LogP contribution is 2.18. The number of amides is 1.